The number of thiophene rings is 1. The van der Waals surface area contributed by atoms with Gasteiger partial charge in [0.2, 0.25) is 5.91 Å². The van der Waals surface area contributed by atoms with Gasteiger partial charge in [-0.3, -0.25) is 9.36 Å². The van der Waals surface area contributed by atoms with E-state index in [1.54, 1.807) is 18.4 Å². The van der Waals surface area contributed by atoms with Gasteiger partial charge in [0.1, 0.15) is 5.75 Å². The molecule has 2 aromatic heterocycles. The third-order valence-electron chi connectivity index (χ3n) is 5.96. The van der Waals surface area contributed by atoms with E-state index >= 15 is 0 Å². The molecule has 0 aliphatic heterocycles. The molecule has 0 aliphatic carbocycles. The molecule has 0 radical (unpaired) electrons. The average molecular weight is 507 g/mol. The van der Waals surface area contributed by atoms with Gasteiger partial charge in [-0.25, -0.2) is 0 Å². The summed E-state index contributed by atoms with van der Waals surface area (Å²) in [6.07, 6.45) is 1.00. The highest BCUT2D eigenvalue weighted by Gasteiger charge is 2.24. The van der Waals surface area contributed by atoms with Gasteiger partial charge in [0.25, 0.3) is 0 Å². The zero-order valence-electron chi connectivity index (χ0n) is 20.6. The fourth-order valence-corrected chi connectivity index (χ4v) is 5.37. The van der Waals surface area contributed by atoms with E-state index in [0.29, 0.717) is 11.1 Å². The zero-order chi connectivity index (χ0) is 24.9. The standard InChI is InChI=1S/C27H30N4O2S2/c1-6-18(3)20-10-7-8-11-21(20)28-26(32)19(4)35-27-30-29-25(24-12-9-15-34-24)31(27)22-16-17(2)13-14-23(22)33-5/h7-16,18-19H,6H2,1-5H3,(H,28,32)/t18-,19-/m1/s1. The second-order valence-corrected chi connectivity index (χ2v) is 10.7. The molecule has 0 spiro atoms. The van der Waals surface area contributed by atoms with Gasteiger partial charge >= 0.3 is 0 Å². The minimum Gasteiger partial charge on any atom is -0.495 e. The first-order valence-electron chi connectivity index (χ1n) is 11.6. The van der Waals surface area contributed by atoms with E-state index in [-0.39, 0.29) is 5.91 Å². The largest absolute Gasteiger partial charge is 0.495 e. The van der Waals surface area contributed by atoms with Crippen molar-refractivity contribution in [1.29, 1.82) is 0 Å². The maximum atomic E-state index is 13.2. The number of amides is 1. The van der Waals surface area contributed by atoms with Gasteiger partial charge in [0.05, 0.1) is 22.9 Å². The summed E-state index contributed by atoms with van der Waals surface area (Å²) in [6, 6.07) is 18.0. The number of para-hydroxylation sites is 1. The lowest BCUT2D eigenvalue weighted by molar-refractivity contribution is -0.115. The van der Waals surface area contributed by atoms with Crippen LogP contribution in [0.25, 0.3) is 16.4 Å². The van der Waals surface area contributed by atoms with Crippen LogP contribution in [0.4, 0.5) is 5.69 Å². The summed E-state index contributed by atoms with van der Waals surface area (Å²) < 4.78 is 7.65. The molecule has 1 amide bonds. The number of nitrogens with one attached hydrogen (secondary N) is 1. The summed E-state index contributed by atoms with van der Waals surface area (Å²) in [5.41, 5.74) is 3.95. The minimum absolute atomic E-state index is 0.0748. The number of nitrogens with zero attached hydrogens (tertiary/aromatic N) is 3. The smallest absolute Gasteiger partial charge is 0.237 e. The molecular weight excluding hydrogens is 476 g/mol. The van der Waals surface area contributed by atoms with Crippen LogP contribution >= 0.6 is 23.1 Å². The number of ether oxygens (including phenoxy) is 1. The summed E-state index contributed by atoms with van der Waals surface area (Å²) >= 11 is 2.98. The minimum atomic E-state index is -0.394. The third kappa shape index (κ3) is 5.44. The van der Waals surface area contributed by atoms with Crippen molar-refractivity contribution in [2.45, 2.75) is 50.4 Å². The van der Waals surface area contributed by atoms with Crippen LogP contribution in [-0.2, 0) is 4.79 Å². The number of hydrogen-bond donors (Lipinski definition) is 1. The molecule has 2 atom stereocenters. The molecule has 6 nitrogen and oxygen atoms in total. The van der Waals surface area contributed by atoms with Gasteiger partial charge in [-0.15, -0.1) is 21.5 Å². The Morgan fingerprint density at radius 3 is 2.66 bits per heavy atom. The number of aromatic nitrogens is 3. The summed E-state index contributed by atoms with van der Waals surface area (Å²) in [5.74, 6) is 1.73. The van der Waals surface area contributed by atoms with Crippen LogP contribution in [-0.4, -0.2) is 33.0 Å². The average Bonchev–Trinajstić information content (AvgIpc) is 3.54. The van der Waals surface area contributed by atoms with Crippen molar-refractivity contribution in [2.24, 2.45) is 0 Å². The number of thioether (sulfide) groups is 1. The van der Waals surface area contributed by atoms with Gasteiger partial charge in [-0.2, -0.15) is 0 Å². The Hall–Kier alpha value is -3.10. The number of benzene rings is 2. The predicted octanol–water partition coefficient (Wildman–Crippen LogP) is 6.95. The van der Waals surface area contributed by atoms with Gasteiger partial charge in [-0.05, 0) is 67.0 Å². The van der Waals surface area contributed by atoms with Crippen LogP contribution in [0.2, 0.25) is 0 Å². The van der Waals surface area contributed by atoms with Crippen molar-refractivity contribution in [3.63, 3.8) is 0 Å². The Labute approximate surface area is 214 Å². The molecule has 2 aromatic carbocycles. The SMILES string of the molecule is CC[C@@H](C)c1ccccc1NC(=O)[C@@H](C)Sc1nnc(-c2cccs2)n1-c1cc(C)ccc1OC. The Balaban J connectivity index is 1.67. The van der Waals surface area contributed by atoms with Crippen molar-refractivity contribution in [1.82, 2.24) is 14.8 Å². The number of rotatable bonds is 9. The van der Waals surface area contributed by atoms with Gasteiger partial charge in [-0.1, -0.05) is 55.9 Å². The molecule has 4 rings (SSSR count). The molecule has 0 unspecified atom stereocenters. The number of carbonyl (C=O) groups is 1. The number of aryl methyl sites for hydroxylation is 1. The molecule has 35 heavy (non-hydrogen) atoms. The first-order chi connectivity index (χ1) is 16.9. The van der Waals surface area contributed by atoms with Gasteiger partial charge in [0, 0.05) is 5.69 Å². The summed E-state index contributed by atoms with van der Waals surface area (Å²) in [6.45, 7) is 8.26. The number of anilines is 1. The van der Waals surface area contributed by atoms with Gasteiger partial charge < -0.3 is 10.1 Å². The molecule has 182 valence electrons. The molecule has 0 bridgehead atoms. The number of carbonyl (C=O) groups excluding carboxylic acids is 1. The molecule has 4 aromatic rings. The maximum absolute atomic E-state index is 13.2. The van der Waals surface area contributed by atoms with E-state index in [1.165, 1.54) is 11.8 Å². The topological polar surface area (TPSA) is 69.0 Å². The van der Waals surface area contributed by atoms with Crippen molar-refractivity contribution < 1.29 is 9.53 Å². The highest BCUT2D eigenvalue weighted by atomic mass is 32.2. The van der Waals surface area contributed by atoms with Crippen LogP contribution < -0.4 is 10.1 Å². The predicted molar refractivity (Wildman–Crippen MR) is 145 cm³/mol. The van der Waals surface area contributed by atoms with Crippen LogP contribution in [0.15, 0.2) is 65.1 Å². The fraction of sp³-hybridized carbons (Fsp3) is 0.296. The Morgan fingerprint density at radius 2 is 1.94 bits per heavy atom. The molecule has 1 N–H and O–H groups in total. The maximum Gasteiger partial charge on any atom is 0.237 e. The quantitative estimate of drug-likeness (QED) is 0.249. The Kier molecular flexibility index (Phi) is 7.93. The molecule has 8 heteroatoms. The van der Waals surface area contributed by atoms with E-state index < -0.39 is 5.25 Å². The van der Waals surface area contributed by atoms with Crippen LogP contribution in [0.3, 0.4) is 0 Å². The monoisotopic (exact) mass is 506 g/mol. The summed E-state index contributed by atoms with van der Waals surface area (Å²) in [5, 5.41) is 14.4. The van der Waals surface area contributed by atoms with E-state index in [9.17, 15) is 4.79 Å². The molecule has 0 saturated carbocycles. The summed E-state index contributed by atoms with van der Waals surface area (Å²) in [7, 11) is 1.65. The van der Waals surface area contributed by atoms with E-state index in [0.717, 1.165) is 45.4 Å². The lowest BCUT2D eigenvalue weighted by Gasteiger charge is -2.18. The summed E-state index contributed by atoms with van der Waals surface area (Å²) in [4.78, 5) is 14.2. The first kappa shape index (κ1) is 25.0. The number of methoxy groups -OCH3 is 1. The van der Waals surface area contributed by atoms with Gasteiger partial charge in [0.15, 0.2) is 11.0 Å². The first-order valence-corrected chi connectivity index (χ1v) is 13.4. The molecule has 0 aliphatic rings. The number of hydrogen-bond acceptors (Lipinski definition) is 6. The Morgan fingerprint density at radius 1 is 1.14 bits per heavy atom. The van der Waals surface area contributed by atoms with E-state index in [1.807, 2.05) is 66.3 Å². The van der Waals surface area contributed by atoms with E-state index in [4.69, 9.17) is 4.74 Å². The molecule has 0 saturated heterocycles. The van der Waals surface area contributed by atoms with Crippen molar-refractivity contribution in [3.8, 4) is 22.1 Å². The van der Waals surface area contributed by atoms with Crippen LogP contribution in [0, 0.1) is 6.92 Å². The molecule has 2 heterocycles. The Bertz CT molecular complexity index is 1300. The van der Waals surface area contributed by atoms with Crippen molar-refractivity contribution in [3.05, 3.63) is 71.1 Å². The van der Waals surface area contributed by atoms with Crippen LogP contribution in [0.5, 0.6) is 5.75 Å². The van der Waals surface area contributed by atoms with Crippen molar-refractivity contribution in [2.75, 3.05) is 12.4 Å². The normalized spacial score (nSPS) is 12.8. The lowest BCUT2D eigenvalue weighted by atomic mass is 9.97. The lowest BCUT2D eigenvalue weighted by Crippen LogP contribution is -2.23. The highest BCUT2D eigenvalue weighted by Crippen LogP contribution is 2.36. The second-order valence-electron chi connectivity index (χ2n) is 8.44. The van der Waals surface area contributed by atoms with Crippen molar-refractivity contribution >= 4 is 34.7 Å². The molecule has 0 fully saturated rings. The van der Waals surface area contributed by atoms with E-state index in [2.05, 4.69) is 41.5 Å². The molecular formula is C27H30N4O2S2. The third-order valence-corrected chi connectivity index (χ3v) is 7.87. The fourth-order valence-electron chi connectivity index (χ4n) is 3.81. The highest BCUT2D eigenvalue weighted by molar-refractivity contribution is 8.00. The zero-order valence-corrected chi connectivity index (χ0v) is 22.2. The van der Waals surface area contributed by atoms with Crippen LogP contribution in [0.1, 0.15) is 44.2 Å². The second kappa shape index (κ2) is 11.1.